The highest BCUT2D eigenvalue weighted by Crippen LogP contribution is 2.21. The average Bonchev–Trinajstić information content (AvgIpc) is 2.40. The maximum absolute atomic E-state index is 9.20. The van der Waals surface area contributed by atoms with Crippen molar-refractivity contribution in [3.05, 3.63) is 34.3 Å². The van der Waals surface area contributed by atoms with Gasteiger partial charge in [-0.1, -0.05) is 17.7 Å². The third-order valence-corrected chi connectivity index (χ3v) is 3.53. The van der Waals surface area contributed by atoms with Crippen molar-refractivity contribution in [2.24, 2.45) is 0 Å². The van der Waals surface area contributed by atoms with Crippen molar-refractivity contribution in [2.75, 3.05) is 19.7 Å². The number of ether oxygens (including phenoxy) is 1. The van der Waals surface area contributed by atoms with Gasteiger partial charge in [-0.2, -0.15) is 5.26 Å². The number of morpholine rings is 1. The lowest BCUT2D eigenvalue weighted by atomic mass is 10.1. The highest BCUT2D eigenvalue weighted by Gasteiger charge is 2.24. The molecule has 102 valence electrons. The van der Waals surface area contributed by atoms with Gasteiger partial charge in [-0.3, -0.25) is 4.90 Å². The highest BCUT2D eigenvalue weighted by molar-refractivity contribution is 6.31. The summed E-state index contributed by atoms with van der Waals surface area (Å²) in [6.07, 6.45) is -0.0380. The minimum Gasteiger partial charge on any atom is -0.394 e. The molecule has 1 heterocycles. The molecule has 19 heavy (non-hydrogen) atoms. The first-order valence-electron chi connectivity index (χ1n) is 6.29. The van der Waals surface area contributed by atoms with E-state index in [0.29, 0.717) is 23.7 Å². The predicted molar refractivity (Wildman–Crippen MR) is 72.9 cm³/mol. The molecule has 1 aliphatic rings. The lowest BCUT2D eigenvalue weighted by Crippen LogP contribution is -2.47. The van der Waals surface area contributed by atoms with Crippen LogP contribution in [-0.2, 0) is 11.3 Å². The maximum Gasteiger partial charge on any atom is 0.0992 e. The fraction of sp³-hybridized carbons (Fsp3) is 0.500. The number of nitriles is 1. The summed E-state index contributed by atoms with van der Waals surface area (Å²) in [7, 11) is 0. The minimum absolute atomic E-state index is 0.0297. The van der Waals surface area contributed by atoms with Gasteiger partial charge in [0.2, 0.25) is 0 Å². The molecular weight excluding hydrogens is 264 g/mol. The van der Waals surface area contributed by atoms with Crippen LogP contribution in [0.3, 0.4) is 0 Å². The third-order valence-electron chi connectivity index (χ3n) is 3.18. The maximum atomic E-state index is 9.20. The van der Waals surface area contributed by atoms with Crippen molar-refractivity contribution in [1.82, 2.24) is 4.90 Å². The molecule has 1 aromatic rings. The zero-order valence-electron chi connectivity index (χ0n) is 10.8. The molecular formula is C14H17ClN2O2. The van der Waals surface area contributed by atoms with Crippen LogP contribution in [0.1, 0.15) is 18.1 Å². The smallest absolute Gasteiger partial charge is 0.0992 e. The quantitative estimate of drug-likeness (QED) is 0.917. The molecule has 0 aliphatic carbocycles. The van der Waals surface area contributed by atoms with E-state index >= 15 is 0 Å². The number of hydrogen-bond donors (Lipinski definition) is 1. The van der Waals surface area contributed by atoms with Crippen LogP contribution in [0.25, 0.3) is 0 Å². The molecule has 0 spiro atoms. The molecule has 1 fully saturated rings. The molecule has 1 saturated heterocycles. The van der Waals surface area contributed by atoms with E-state index in [0.717, 1.165) is 12.1 Å². The van der Waals surface area contributed by atoms with Crippen LogP contribution >= 0.6 is 11.6 Å². The molecule has 5 heteroatoms. The first-order valence-corrected chi connectivity index (χ1v) is 6.67. The number of aliphatic hydroxyl groups excluding tert-OH is 1. The number of benzene rings is 1. The third kappa shape index (κ3) is 3.68. The van der Waals surface area contributed by atoms with E-state index in [-0.39, 0.29) is 18.8 Å². The molecule has 0 aromatic heterocycles. The summed E-state index contributed by atoms with van der Waals surface area (Å²) in [4.78, 5) is 2.21. The molecule has 2 atom stereocenters. The van der Waals surface area contributed by atoms with Gasteiger partial charge in [0.25, 0.3) is 0 Å². The van der Waals surface area contributed by atoms with Crippen LogP contribution in [-0.4, -0.2) is 41.9 Å². The monoisotopic (exact) mass is 280 g/mol. The van der Waals surface area contributed by atoms with Gasteiger partial charge in [-0.25, -0.2) is 0 Å². The zero-order valence-corrected chi connectivity index (χ0v) is 11.6. The van der Waals surface area contributed by atoms with Crippen LogP contribution in [0.15, 0.2) is 18.2 Å². The van der Waals surface area contributed by atoms with Gasteiger partial charge in [0.1, 0.15) is 0 Å². The van der Waals surface area contributed by atoms with E-state index in [9.17, 15) is 5.11 Å². The molecule has 1 aliphatic heterocycles. The predicted octanol–water partition coefficient (Wildman–Crippen LogP) is 1.79. The molecule has 1 N–H and O–H groups in total. The Balaban J connectivity index is 2.06. The summed E-state index contributed by atoms with van der Waals surface area (Å²) < 4.78 is 5.60. The molecule has 2 unspecified atom stereocenters. The Bertz CT molecular complexity index is 487. The Morgan fingerprint density at radius 3 is 2.95 bits per heavy atom. The standard InChI is InChI=1S/C14H17ClN2O2/c1-10-6-17(8-13(9-18)19-10)7-12-3-2-11(5-16)4-14(12)15/h2-4,10,13,18H,6-9H2,1H3. The Hall–Kier alpha value is -1.12. The second-order valence-corrected chi connectivity index (χ2v) is 5.27. The molecule has 0 bridgehead atoms. The molecule has 0 amide bonds. The fourth-order valence-corrected chi connectivity index (χ4v) is 2.60. The van der Waals surface area contributed by atoms with Crippen molar-refractivity contribution >= 4 is 11.6 Å². The molecule has 0 radical (unpaired) electrons. The summed E-state index contributed by atoms with van der Waals surface area (Å²) in [5.41, 5.74) is 1.56. The van der Waals surface area contributed by atoms with Gasteiger partial charge in [-0.05, 0) is 24.6 Å². The Morgan fingerprint density at radius 1 is 1.53 bits per heavy atom. The summed E-state index contributed by atoms with van der Waals surface area (Å²) in [5, 5.41) is 18.6. The summed E-state index contributed by atoms with van der Waals surface area (Å²) in [5.74, 6) is 0. The van der Waals surface area contributed by atoms with E-state index in [1.54, 1.807) is 12.1 Å². The van der Waals surface area contributed by atoms with Crippen LogP contribution in [0.2, 0.25) is 5.02 Å². The van der Waals surface area contributed by atoms with Gasteiger partial charge in [0, 0.05) is 24.7 Å². The van der Waals surface area contributed by atoms with Gasteiger partial charge in [0.05, 0.1) is 30.4 Å². The largest absolute Gasteiger partial charge is 0.394 e. The SMILES string of the molecule is CC1CN(Cc2ccc(C#N)cc2Cl)CC(CO)O1. The summed E-state index contributed by atoms with van der Waals surface area (Å²) >= 11 is 6.18. The van der Waals surface area contributed by atoms with Crippen LogP contribution in [0, 0.1) is 11.3 Å². The van der Waals surface area contributed by atoms with Gasteiger partial charge < -0.3 is 9.84 Å². The summed E-state index contributed by atoms with van der Waals surface area (Å²) in [6, 6.07) is 7.41. The molecule has 0 saturated carbocycles. The van der Waals surface area contributed by atoms with Crippen LogP contribution in [0.5, 0.6) is 0 Å². The van der Waals surface area contributed by atoms with Crippen molar-refractivity contribution in [3.63, 3.8) is 0 Å². The second kappa shape index (κ2) is 6.36. The van der Waals surface area contributed by atoms with Crippen molar-refractivity contribution in [3.8, 4) is 6.07 Å². The Labute approximate surface area is 118 Å². The van der Waals surface area contributed by atoms with Crippen molar-refractivity contribution < 1.29 is 9.84 Å². The van der Waals surface area contributed by atoms with E-state index in [2.05, 4.69) is 11.0 Å². The second-order valence-electron chi connectivity index (χ2n) is 4.86. The van der Waals surface area contributed by atoms with E-state index in [1.807, 2.05) is 13.0 Å². The normalized spacial score (nSPS) is 24.1. The topological polar surface area (TPSA) is 56.5 Å². The molecule has 4 nitrogen and oxygen atoms in total. The van der Waals surface area contributed by atoms with Gasteiger partial charge in [0.15, 0.2) is 0 Å². The average molecular weight is 281 g/mol. The van der Waals surface area contributed by atoms with Crippen LogP contribution in [0.4, 0.5) is 0 Å². The van der Waals surface area contributed by atoms with E-state index in [4.69, 9.17) is 21.6 Å². The number of rotatable bonds is 3. The first-order chi connectivity index (χ1) is 9.12. The van der Waals surface area contributed by atoms with Crippen molar-refractivity contribution in [1.29, 1.82) is 5.26 Å². The number of aliphatic hydroxyl groups is 1. The zero-order chi connectivity index (χ0) is 13.8. The Morgan fingerprint density at radius 2 is 2.32 bits per heavy atom. The number of halogens is 1. The van der Waals surface area contributed by atoms with E-state index < -0.39 is 0 Å². The molecule has 1 aromatic carbocycles. The molecule has 2 rings (SSSR count). The lowest BCUT2D eigenvalue weighted by molar-refractivity contribution is -0.0972. The minimum atomic E-state index is -0.138. The summed E-state index contributed by atoms with van der Waals surface area (Å²) in [6.45, 7) is 4.23. The van der Waals surface area contributed by atoms with Gasteiger partial charge >= 0.3 is 0 Å². The Kier molecular flexibility index (Phi) is 4.78. The first kappa shape index (κ1) is 14.3. The number of hydrogen-bond acceptors (Lipinski definition) is 4. The lowest BCUT2D eigenvalue weighted by Gasteiger charge is -2.36. The van der Waals surface area contributed by atoms with Crippen molar-refractivity contribution in [2.45, 2.75) is 25.7 Å². The van der Waals surface area contributed by atoms with E-state index in [1.165, 1.54) is 0 Å². The van der Waals surface area contributed by atoms with Gasteiger partial charge in [-0.15, -0.1) is 0 Å². The highest BCUT2D eigenvalue weighted by atomic mass is 35.5. The fourth-order valence-electron chi connectivity index (χ4n) is 2.36. The number of nitrogens with zero attached hydrogens (tertiary/aromatic N) is 2. The van der Waals surface area contributed by atoms with Crippen LogP contribution < -0.4 is 0 Å².